The molecule has 12 heteroatoms. The lowest BCUT2D eigenvalue weighted by molar-refractivity contribution is -0.140. The van der Waals surface area contributed by atoms with E-state index in [1.807, 2.05) is 6.92 Å². The molecule has 3 aromatic rings. The Morgan fingerprint density at radius 3 is 2.66 bits per heavy atom. The molecule has 2 aliphatic heterocycles. The first-order valence-corrected chi connectivity index (χ1v) is 13.5. The Bertz CT molecular complexity index is 1670. The smallest absolute Gasteiger partial charge is 0.334 e. The zero-order valence-electron chi connectivity index (χ0n) is 22.5. The van der Waals surface area contributed by atoms with Crippen LogP contribution in [0.2, 0.25) is 0 Å². The van der Waals surface area contributed by atoms with Gasteiger partial charge in [-0.1, -0.05) is 35.6 Å². The zero-order valence-corrected chi connectivity index (χ0v) is 22.5. The van der Waals surface area contributed by atoms with Gasteiger partial charge in [0.15, 0.2) is 0 Å². The van der Waals surface area contributed by atoms with E-state index in [-0.39, 0.29) is 42.8 Å². The fourth-order valence-electron chi connectivity index (χ4n) is 5.78. The molecular weight excluding hydrogens is 536 g/mol. The summed E-state index contributed by atoms with van der Waals surface area (Å²) in [7, 11) is 0. The first-order chi connectivity index (χ1) is 19.6. The molecule has 0 spiro atoms. The topological polar surface area (TPSA) is 114 Å². The molecule has 0 N–H and O–H groups in total. The van der Waals surface area contributed by atoms with Crippen molar-refractivity contribution >= 4 is 5.97 Å². The lowest BCUT2D eigenvalue weighted by atomic mass is 9.84. The Morgan fingerprint density at radius 2 is 1.88 bits per heavy atom. The van der Waals surface area contributed by atoms with Crippen molar-refractivity contribution in [2.75, 3.05) is 0 Å². The Labute approximate surface area is 233 Å². The molecule has 0 unspecified atom stereocenters. The van der Waals surface area contributed by atoms with E-state index in [1.165, 1.54) is 24.3 Å². The summed E-state index contributed by atoms with van der Waals surface area (Å²) in [6.45, 7) is 6.14. The fourth-order valence-corrected chi connectivity index (χ4v) is 5.78. The molecule has 0 saturated carbocycles. The van der Waals surface area contributed by atoms with Gasteiger partial charge in [-0.3, -0.25) is 13.9 Å². The maximum atomic E-state index is 14.5. The highest BCUT2D eigenvalue weighted by Gasteiger charge is 2.61. The number of carbonyl (C=O) groups excluding carboxylic acids is 1. The fraction of sp³-hybridized carbons (Fsp3) is 0.414. The number of allylic oxidation sites excluding steroid dienone is 2. The molecule has 41 heavy (non-hydrogen) atoms. The van der Waals surface area contributed by atoms with E-state index < -0.39 is 22.9 Å². The first-order valence-electron chi connectivity index (χ1n) is 13.5. The molecule has 4 heterocycles. The van der Waals surface area contributed by atoms with Gasteiger partial charge in [-0.2, -0.15) is 4.39 Å². The van der Waals surface area contributed by atoms with Gasteiger partial charge in [0, 0.05) is 11.5 Å². The number of halogens is 2. The van der Waals surface area contributed by atoms with Crippen LogP contribution >= 0.6 is 0 Å². The predicted molar refractivity (Wildman–Crippen MR) is 142 cm³/mol. The van der Waals surface area contributed by atoms with Crippen molar-refractivity contribution in [2.24, 2.45) is 5.92 Å². The largest absolute Gasteiger partial charge is 0.455 e. The number of esters is 1. The van der Waals surface area contributed by atoms with Crippen LogP contribution in [0.5, 0.6) is 0 Å². The van der Waals surface area contributed by atoms with Crippen LogP contribution in [-0.4, -0.2) is 47.9 Å². The first kappa shape index (κ1) is 27.0. The Balaban J connectivity index is 1.18. The molecule has 1 aliphatic carbocycles. The molecule has 214 valence electrons. The standard InChI is InChI=1S/C29H29F2N5O5/c1-17-22-10-7-18(4-3-11-29(2)25(41-29)24(22)40-27(17)38)12-35-15-21(32-33-35)14-34-16-23(31)26(37)36(28(34)39)13-19-5-8-20(30)9-6-19/h4-6,8-9,15-16,22,24-25H,1,3,7,10-14H2,2H3/b18-4+/t22-,24-,25-,29+/m0/s1. The van der Waals surface area contributed by atoms with Gasteiger partial charge in [0.2, 0.25) is 5.82 Å². The molecule has 4 atom stereocenters. The van der Waals surface area contributed by atoms with E-state index in [0.717, 1.165) is 33.7 Å². The molecule has 0 radical (unpaired) electrons. The third-order valence-electron chi connectivity index (χ3n) is 8.17. The number of epoxide rings is 1. The van der Waals surface area contributed by atoms with Crippen molar-refractivity contribution in [3.63, 3.8) is 0 Å². The molecule has 0 amide bonds. The average Bonchev–Trinajstić information content (AvgIpc) is 3.25. The van der Waals surface area contributed by atoms with Gasteiger partial charge in [-0.25, -0.2) is 18.7 Å². The molecule has 6 rings (SSSR count). The summed E-state index contributed by atoms with van der Waals surface area (Å²) < 4.78 is 42.8. The van der Waals surface area contributed by atoms with Crippen LogP contribution in [0.25, 0.3) is 0 Å². The van der Waals surface area contributed by atoms with Crippen LogP contribution in [0.3, 0.4) is 0 Å². The number of ether oxygens (including phenoxy) is 2. The van der Waals surface area contributed by atoms with Crippen LogP contribution in [0.4, 0.5) is 8.78 Å². The molecule has 2 aromatic heterocycles. The van der Waals surface area contributed by atoms with Gasteiger partial charge >= 0.3 is 11.7 Å². The Kier molecular flexibility index (Phi) is 6.80. The van der Waals surface area contributed by atoms with Gasteiger partial charge in [0.1, 0.15) is 23.7 Å². The lowest BCUT2D eigenvalue weighted by Gasteiger charge is -2.20. The van der Waals surface area contributed by atoms with Crippen molar-refractivity contribution in [3.8, 4) is 0 Å². The monoisotopic (exact) mass is 565 g/mol. The Morgan fingerprint density at radius 1 is 1.10 bits per heavy atom. The highest BCUT2D eigenvalue weighted by molar-refractivity contribution is 5.91. The van der Waals surface area contributed by atoms with Gasteiger partial charge in [0.05, 0.1) is 37.6 Å². The zero-order chi connectivity index (χ0) is 28.9. The van der Waals surface area contributed by atoms with Crippen LogP contribution in [-0.2, 0) is 33.9 Å². The highest BCUT2D eigenvalue weighted by Crippen LogP contribution is 2.49. The van der Waals surface area contributed by atoms with Gasteiger partial charge < -0.3 is 9.47 Å². The molecule has 0 bridgehead atoms. The average molecular weight is 566 g/mol. The second-order valence-electron chi connectivity index (χ2n) is 11.1. The summed E-state index contributed by atoms with van der Waals surface area (Å²) in [5, 5.41) is 8.34. The number of hydrogen-bond acceptors (Lipinski definition) is 7. The van der Waals surface area contributed by atoms with Crippen molar-refractivity contribution in [3.05, 3.63) is 104 Å². The predicted octanol–water partition coefficient (Wildman–Crippen LogP) is 2.73. The second kappa shape index (κ2) is 10.3. The maximum absolute atomic E-state index is 14.5. The van der Waals surface area contributed by atoms with Crippen molar-refractivity contribution in [2.45, 2.75) is 70.1 Å². The quantitative estimate of drug-likeness (QED) is 0.196. The summed E-state index contributed by atoms with van der Waals surface area (Å²) in [6.07, 6.45) is 7.24. The van der Waals surface area contributed by atoms with E-state index in [1.54, 1.807) is 10.9 Å². The van der Waals surface area contributed by atoms with E-state index in [2.05, 4.69) is 23.0 Å². The van der Waals surface area contributed by atoms with E-state index >= 15 is 0 Å². The summed E-state index contributed by atoms with van der Waals surface area (Å²) in [4.78, 5) is 37.6. The number of rotatable bonds is 6. The Hall–Kier alpha value is -4.19. The van der Waals surface area contributed by atoms with Crippen LogP contribution < -0.4 is 11.2 Å². The number of fused-ring (bicyclic) bond motifs is 3. The number of nitrogens with zero attached hydrogens (tertiary/aromatic N) is 5. The molecular formula is C29H29F2N5O5. The van der Waals surface area contributed by atoms with Gasteiger partial charge in [0.25, 0.3) is 5.56 Å². The number of carbonyl (C=O) groups is 1. The molecule has 1 aromatic carbocycles. The third kappa shape index (κ3) is 5.31. The minimum atomic E-state index is -1.09. The molecule has 3 aliphatic rings. The van der Waals surface area contributed by atoms with E-state index in [0.29, 0.717) is 36.2 Å². The van der Waals surface area contributed by atoms with Crippen molar-refractivity contribution < 1.29 is 23.0 Å². The summed E-state index contributed by atoms with van der Waals surface area (Å²) in [6, 6.07) is 5.27. The molecule has 10 nitrogen and oxygen atoms in total. The van der Waals surface area contributed by atoms with Crippen molar-refractivity contribution in [1.82, 2.24) is 24.1 Å². The molecule has 2 fully saturated rings. The summed E-state index contributed by atoms with van der Waals surface area (Å²) in [5.74, 6) is -2.02. The maximum Gasteiger partial charge on any atom is 0.334 e. The lowest BCUT2D eigenvalue weighted by Crippen LogP contribution is -2.41. The summed E-state index contributed by atoms with van der Waals surface area (Å²) in [5.41, 5.74) is 0.363. The van der Waals surface area contributed by atoms with E-state index in [4.69, 9.17) is 9.47 Å². The number of benzene rings is 1. The SMILES string of the molecule is C=C1C(=O)O[C@H]2[C@H]1CC/C(Cn1cc(Cn3cc(F)c(=O)n(Cc4ccc(F)cc4)c3=O)nn1)=C\CC[C@@]1(C)O[C@@H]21. The minimum absolute atomic E-state index is 0.0986. The normalized spacial score (nSPS) is 27.0. The third-order valence-corrected chi connectivity index (χ3v) is 8.17. The highest BCUT2D eigenvalue weighted by atomic mass is 19.1. The number of hydrogen-bond donors (Lipinski definition) is 0. The van der Waals surface area contributed by atoms with E-state index in [9.17, 15) is 23.2 Å². The van der Waals surface area contributed by atoms with Crippen LogP contribution in [0.1, 0.15) is 43.9 Å². The summed E-state index contributed by atoms with van der Waals surface area (Å²) >= 11 is 0. The van der Waals surface area contributed by atoms with Crippen LogP contribution in [0.15, 0.2) is 70.0 Å². The van der Waals surface area contributed by atoms with Gasteiger partial charge in [-0.15, -0.1) is 5.10 Å². The van der Waals surface area contributed by atoms with Gasteiger partial charge in [-0.05, 0) is 50.3 Å². The molecule has 2 saturated heterocycles. The minimum Gasteiger partial charge on any atom is -0.455 e. The number of aromatic nitrogens is 5. The van der Waals surface area contributed by atoms with Crippen molar-refractivity contribution in [1.29, 1.82) is 0 Å². The van der Waals surface area contributed by atoms with Crippen LogP contribution in [0, 0.1) is 17.6 Å². The second-order valence-corrected chi connectivity index (χ2v) is 11.1.